The Labute approximate surface area is 97.9 Å². The normalized spacial score (nSPS) is 12.3. The first kappa shape index (κ1) is 13.0. The molecule has 0 bridgehead atoms. The van der Waals surface area contributed by atoms with E-state index in [1.54, 1.807) is 6.07 Å². The fraction of sp³-hybridized carbons (Fsp3) is 0.333. The molecule has 4 heteroatoms. The van der Waals surface area contributed by atoms with Gasteiger partial charge in [-0.05, 0) is 37.4 Å². The molecule has 0 aromatic heterocycles. The first-order valence-corrected chi connectivity index (χ1v) is 7.03. The third kappa shape index (κ3) is 3.82. The van der Waals surface area contributed by atoms with E-state index in [0.29, 0.717) is 11.4 Å². The molecule has 0 spiro atoms. The minimum Gasteiger partial charge on any atom is -0.397 e. The molecule has 0 aliphatic rings. The number of nitrogen functional groups attached to an aromatic ring is 1. The molecule has 1 aromatic rings. The Bertz CT molecular complexity index is 377. The predicted octanol–water partition coefficient (Wildman–Crippen LogP) is 3.42. The van der Waals surface area contributed by atoms with Gasteiger partial charge >= 0.3 is 0 Å². The quantitative estimate of drug-likeness (QED) is 0.611. The number of anilines is 2. The van der Waals surface area contributed by atoms with E-state index in [2.05, 4.69) is 25.0 Å². The van der Waals surface area contributed by atoms with Crippen molar-refractivity contribution in [3.05, 3.63) is 35.8 Å². The molecule has 1 unspecified atom stereocenters. The smallest absolute Gasteiger partial charge is 0.125 e. The molecule has 1 atom stereocenters. The molecule has 2 nitrogen and oxygen atoms in total. The standard InChI is InChI=1S/C12H18FN2P/c1-3-10(6-7-16-2)15-12-8-9(13)4-5-11(12)14/h4-6,8,15-16H,3,7,14H2,1-2H3/b10-6+. The molecule has 0 saturated heterocycles. The van der Waals surface area contributed by atoms with Gasteiger partial charge in [-0.15, -0.1) is 8.58 Å². The topological polar surface area (TPSA) is 38.0 Å². The fourth-order valence-corrected chi connectivity index (χ4v) is 1.77. The van der Waals surface area contributed by atoms with Gasteiger partial charge in [0.05, 0.1) is 11.4 Å². The van der Waals surface area contributed by atoms with Crippen LogP contribution in [0.5, 0.6) is 0 Å². The van der Waals surface area contributed by atoms with E-state index >= 15 is 0 Å². The summed E-state index contributed by atoms with van der Waals surface area (Å²) >= 11 is 0. The predicted molar refractivity (Wildman–Crippen MR) is 71.9 cm³/mol. The Morgan fingerprint density at radius 1 is 1.56 bits per heavy atom. The van der Waals surface area contributed by atoms with Crippen LogP contribution >= 0.6 is 8.58 Å². The number of nitrogens with two attached hydrogens (primary N) is 1. The Kier molecular flexibility index (Phi) is 5.27. The van der Waals surface area contributed by atoms with E-state index in [-0.39, 0.29) is 5.82 Å². The van der Waals surface area contributed by atoms with Crippen molar-refractivity contribution in [3.63, 3.8) is 0 Å². The zero-order chi connectivity index (χ0) is 12.0. The van der Waals surface area contributed by atoms with E-state index < -0.39 is 0 Å². The zero-order valence-corrected chi connectivity index (χ0v) is 10.7. The van der Waals surface area contributed by atoms with Crippen LogP contribution in [0.2, 0.25) is 0 Å². The van der Waals surface area contributed by atoms with Crippen LogP contribution in [-0.4, -0.2) is 12.8 Å². The second-order valence-electron chi connectivity index (χ2n) is 3.50. The van der Waals surface area contributed by atoms with Gasteiger partial charge in [-0.2, -0.15) is 0 Å². The van der Waals surface area contributed by atoms with Gasteiger partial charge in [0.1, 0.15) is 5.82 Å². The summed E-state index contributed by atoms with van der Waals surface area (Å²) in [5.74, 6) is -0.274. The SMILES string of the molecule is CC/C(=C\CPC)Nc1cc(F)ccc1N. The summed E-state index contributed by atoms with van der Waals surface area (Å²) in [6.45, 7) is 4.22. The molecular formula is C12H18FN2P. The van der Waals surface area contributed by atoms with E-state index in [4.69, 9.17) is 5.73 Å². The largest absolute Gasteiger partial charge is 0.397 e. The van der Waals surface area contributed by atoms with Crippen molar-refractivity contribution >= 4 is 20.0 Å². The Morgan fingerprint density at radius 2 is 2.31 bits per heavy atom. The van der Waals surface area contributed by atoms with Gasteiger partial charge < -0.3 is 11.1 Å². The molecule has 1 rings (SSSR count). The Balaban J connectivity index is 2.81. The molecule has 1 aromatic carbocycles. The lowest BCUT2D eigenvalue weighted by atomic mass is 10.2. The fourth-order valence-electron chi connectivity index (χ4n) is 1.32. The molecule has 0 radical (unpaired) electrons. The maximum Gasteiger partial charge on any atom is 0.125 e. The maximum atomic E-state index is 13.0. The summed E-state index contributed by atoms with van der Waals surface area (Å²) < 4.78 is 13.0. The molecule has 0 saturated carbocycles. The van der Waals surface area contributed by atoms with E-state index in [9.17, 15) is 4.39 Å². The van der Waals surface area contributed by atoms with Crippen LogP contribution in [0.4, 0.5) is 15.8 Å². The third-order valence-electron chi connectivity index (χ3n) is 2.24. The molecule has 16 heavy (non-hydrogen) atoms. The highest BCUT2D eigenvalue weighted by Crippen LogP contribution is 2.22. The average molecular weight is 240 g/mol. The summed E-state index contributed by atoms with van der Waals surface area (Å²) in [6, 6.07) is 4.36. The van der Waals surface area contributed by atoms with Crippen LogP contribution < -0.4 is 11.1 Å². The van der Waals surface area contributed by atoms with E-state index in [1.165, 1.54) is 12.1 Å². The van der Waals surface area contributed by atoms with Crippen molar-refractivity contribution in [2.24, 2.45) is 0 Å². The van der Waals surface area contributed by atoms with Gasteiger partial charge in [0.2, 0.25) is 0 Å². The highest BCUT2D eigenvalue weighted by atomic mass is 31.1. The number of halogens is 1. The van der Waals surface area contributed by atoms with Gasteiger partial charge in [0, 0.05) is 5.70 Å². The van der Waals surface area contributed by atoms with Crippen molar-refractivity contribution < 1.29 is 4.39 Å². The average Bonchev–Trinajstić information content (AvgIpc) is 2.28. The van der Waals surface area contributed by atoms with Crippen LogP contribution in [-0.2, 0) is 0 Å². The number of nitrogens with one attached hydrogen (secondary N) is 1. The molecule has 0 heterocycles. The minimum atomic E-state index is -0.274. The van der Waals surface area contributed by atoms with Crippen molar-refractivity contribution in [1.82, 2.24) is 0 Å². The highest BCUT2D eigenvalue weighted by Gasteiger charge is 2.02. The van der Waals surface area contributed by atoms with Crippen molar-refractivity contribution in [1.29, 1.82) is 0 Å². The summed E-state index contributed by atoms with van der Waals surface area (Å²) in [5.41, 5.74) is 8.07. The third-order valence-corrected chi connectivity index (χ3v) is 2.86. The van der Waals surface area contributed by atoms with Gasteiger partial charge in [-0.1, -0.05) is 13.0 Å². The molecule has 0 amide bonds. The van der Waals surface area contributed by atoms with Gasteiger partial charge in [0.15, 0.2) is 0 Å². The number of hydrogen-bond acceptors (Lipinski definition) is 2. The summed E-state index contributed by atoms with van der Waals surface area (Å²) in [7, 11) is 0.887. The van der Waals surface area contributed by atoms with Crippen LogP contribution in [0, 0.1) is 5.82 Å². The van der Waals surface area contributed by atoms with Crippen LogP contribution in [0.25, 0.3) is 0 Å². The Hall–Kier alpha value is -1.08. The molecule has 0 fully saturated rings. The van der Waals surface area contributed by atoms with Crippen molar-refractivity contribution in [2.45, 2.75) is 13.3 Å². The molecular weight excluding hydrogens is 222 g/mol. The number of hydrogen-bond donors (Lipinski definition) is 2. The molecule has 0 aliphatic heterocycles. The van der Waals surface area contributed by atoms with Gasteiger partial charge in [0.25, 0.3) is 0 Å². The molecule has 3 N–H and O–H groups in total. The lowest BCUT2D eigenvalue weighted by Gasteiger charge is -2.11. The van der Waals surface area contributed by atoms with Gasteiger partial charge in [-0.25, -0.2) is 4.39 Å². The second kappa shape index (κ2) is 6.49. The lowest BCUT2D eigenvalue weighted by Crippen LogP contribution is -2.02. The van der Waals surface area contributed by atoms with Crippen molar-refractivity contribution in [3.8, 4) is 0 Å². The monoisotopic (exact) mass is 240 g/mol. The number of allylic oxidation sites excluding steroid dienone is 2. The highest BCUT2D eigenvalue weighted by molar-refractivity contribution is 7.37. The zero-order valence-electron chi connectivity index (χ0n) is 9.68. The van der Waals surface area contributed by atoms with Crippen LogP contribution in [0.1, 0.15) is 13.3 Å². The van der Waals surface area contributed by atoms with Crippen LogP contribution in [0.3, 0.4) is 0 Å². The summed E-state index contributed by atoms with van der Waals surface area (Å²) in [4.78, 5) is 0. The first-order valence-electron chi connectivity index (χ1n) is 5.33. The van der Waals surface area contributed by atoms with Crippen molar-refractivity contribution in [2.75, 3.05) is 23.9 Å². The molecule has 88 valence electrons. The minimum absolute atomic E-state index is 0.274. The first-order chi connectivity index (χ1) is 7.67. The maximum absolute atomic E-state index is 13.0. The summed E-state index contributed by atoms with van der Waals surface area (Å²) in [5, 5.41) is 3.17. The number of benzene rings is 1. The van der Waals surface area contributed by atoms with Crippen LogP contribution in [0.15, 0.2) is 30.0 Å². The molecule has 0 aliphatic carbocycles. The Morgan fingerprint density at radius 3 is 2.94 bits per heavy atom. The van der Waals surface area contributed by atoms with Gasteiger partial charge in [-0.3, -0.25) is 0 Å². The second-order valence-corrected chi connectivity index (χ2v) is 4.61. The summed E-state index contributed by atoms with van der Waals surface area (Å²) in [6.07, 6.45) is 4.08. The van der Waals surface area contributed by atoms with E-state index in [1.807, 2.05) is 0 Å². The lowest BCUT2D eigenvalue weighted by molar-refractivity contribution is 0.628. The number of rotatable bonds is 5. The van der Waals surface area contributed by atoms with E-state index in [0.717, 1.165) is 26.9 Å².